The molecule has 0 aromatic heterocycles. The standard InChI is InChI=1S/C27H55NO/c1-4-7-10-13-15-17-19-22-25-27(24-21-12-9-6-3)28-29-26-23-20-18-16-14-11-8-5-2/h6,27-28H,3-5,7-26H2,1-2H3. The molecular weight excluding hydrogens is 354 g/mol. The minimum Gasteiger partial charge on any atom is -0.302 e. The molecule has 2 nitrogen and oxygen atoms in total. The molecule has 0 amide bonds. The van der Waals surface area contributed by atoms with Crippen molar-refractivity contribution in [1.29, 1.82) is 0 Å². The van der Waals surface area contributed by atoms with Crippen molar-refractivity contribution >= 4 is 0 Å². The summed E-state index contributed by atoms with van der Waals surface area (Å²) in [6.07, 6.45) is 30.3. The van der Waals surface area contributed by atoms with Gasteiger partial charge in [0.25, 0.3) is 0 Å². The van der Waals surface area contributed by atoms with Crippen LogP contribution in [0.5, 0.6) is 0 Å². The van der Waals surface area contributed by atoms with Crippen LogP contribution in [0.15, 0.2) is 12.7 Å². The van der Waals surface area contributed by atoms with Gasteiger partial charge < -0.3 is 4.84 Å². The van der Waals surface area contributed by atoms with E-state index in [0.29, 0.717) is 6.04 Å². The lowest BCUT2D eigenvalue weighted by Gasteiger charge is -2.18. The smallest absolute Gasteiger partial charge is 0.0682 e. The quantitative estimate of drug-likeness (QED) is 0.0921. The molecule has 29 heavy (non-hydrogen) atoms. The summed E-state index contributed by atoms with van der Waals surface area (Å²) in [7, 11) is 0. The van der Waals surface area contributed by atoms with Gasteiger partial charge in [-0.15, -0.1) is 6.58 Å². The van der Waals surface area contributed by atoms with Crippen molar-refractivity contribution in [2.24, 2.45) is 0 Å². The topological polar surface area (TPSA) is 21.3 Å². The van der Waals surface area contributed by atoms with E-state index < -0.39 is 0 Å². The van der Waals surface area contributed by atoms with Gasteiger partial charge in [-0.2, -0.15) is 5.48 Å². The summed E-state index contributed by atoms with van der Waals surface area (Å²) in [6, 6.07) is 0.536. The summed E-state index contributed by atoms with van der Waals surface area (Å²) in [6.45, 7) is 9.28. The highest BCUT2D eigenvalue weighted by Crippen LogP contribution is 2.14. The van der Waals surface area contributed by atoms with Crippen LogP contribution in [-0.4, -0.2) is 12.6 Å². The van der Waals surface area contributed by atoms with E-state index in [1.165, 1.54) is 128 Å². The maximum atomic E-state index is 5.85. The van der Waals surface area contributed by atoms with Crippen molar-refractivity contribution in [2.75, 3.05) is 6.61 Å². The normalized spacial score (nSPS) is 12.3. The van der Waals surface area contributed by atoms with Crippen LogP contribution < -0.4 is 5.48 Å². The van der Waals surface area contributed by atoms with Crippen molar-refractivity contribution in [3.8, 4) is 0 Å². The Kier molecular flexibility index (Phi) is 25.4. The fourth-order valence-electron chi connectivity index (χ4n) is 3.95. The van der Waals surface area contributed by atoms with Crippen LogP contribution in [0.25, 0.3) is 0 Å². The SMILES string of the molecule is C=CCCCCC(CCCCCCCCCC)NOCCCCCCCCCC. The van der Waals surface area contributed by atoms with E-state index in [9.17, 15) is 0 Å². The number of hydrogen-bond donors (Lipinski definition) is 1. The van der Waals surface area contributed by atoms with Crippen molar-refractivity contribution in [1.82, 2.24) is 5.48 Å². The van der Waals surface area contributed by atoms with Crippen LogP contribution >= 0.6 is 0 Å². The first-order chi connectivity index (χ1) is 14.3. The van der Waals surface area contributed by atoms with E-state index in [4.69, 9.17) is 4.84 Å². The molecular formula is C27H55NO. The molecule has 0 rings (SSSR count). The molecule has 0 bridgehead atoms. The molecule has 0 saturated carbocycles. The lowest BCUT2D eigenvalue weighted by molar-refractivity contribution is 0.00864. The fraction of sp³-hybridized carbons (Fsp3) is 0.926. The molecule has 1 unspecified atom stereocenters. The average molecular weight is 410 g/mol. The zero-order chi connectivity index (χ0) is 21.3. The van der Waals surface area contributed by atoms with Gasteiger partial charge >= 0.3 is 0 Å². The number of allylic oxidation sites excluding steroid dienone is 1. The molecule has 2 heteroatoms. The van der Waals surface area contributed by atoms with E-state index >= 15 is 0 Å². The van der Waals surface area contributed by atoms with Gasteiger partial charge in [0, 0.05) is 6.04 Å². The van der Waals surface area contributed by atoms with Crippen LogP contribution in [0.4, 0.5) is 0 Å². The highest BCUT2D eigenvalue weighted by molar-refractivity contribution is 4.68. The first-order valence-corrected chi connectivity index (χ1v) is 13.3. The van der Waals surface area contributed by atoms with Crippen LogP contribution in [0.1, 0.15) is 149 Å². The van der Waals surface area contributed by atoms with Crippen molar-refractivity contribution in [2.45, 2.75) is 155 Å². The van der Waals surface area contributed by atoms with E-state index in [0.717, 1.165) is 13.0 Å². The third-order valence-corrected chi connectivity index (χ3v) is 5.97. The Bertz CT molecular complexity index is 305. The summed E-state index contributed by atoms with van der Waals surface area (Å²) in [5.74, 6) is 0. The Morgan fingerprint density at radius 3 is 1.59 bits per heavy atom. The first kappa shape index (κ1) is 28.7. The molecule has 1 N–H and O–H groups in total. The predicted molar refractivity (Wildman–Crippen MR) is 131 cm³/mol. The van der Waals surface area contributed by atoms with Gasteiger partial charge in [-0.1, -0.05) is 123 Å². The maximum absolute atomic E-state index is 5.85. The summed E-state index contributed by atoms with van der Waals surface area (Å²) < 4.78 is 0. The molecule has 0 heterocycles. The Morgan fingerprint density at radius 2 is 1.07 bits per heavy atom. The molecule has 0 fully saturated rings. The second-order valence-corrected chi connectivity index (χ2v) is 8.97. The van der Waals surface area contributed by atoms with Crippen LogP contribution in [0, 0.1) is 0 Å². The second kappa shape index (κ2) is 25.7. The molecule has 0 radical (unpaired) electrons. The largest absolute Gasteiger partial charge is 0.302 e. The predicted octanol–water partition coefficient (Wildman–Crippen LogP) is 9.29. The Balaban J connectivity index is 3.70. The molecule has 1 atom stereocenters. The molecule has 174 valence electrons. The lowest BCUT2D eigenvalue weighted by atomic mass is 10.0. The Hall–Kier alpha value is -0.340. The number of hydroxylamine groups is 1. The summed E-state index contributed by atoms with van der Waals surface area (Å²) in [4.78, 5) is 5.85. The monoisotopic (exact) mass is 409 g/mol. The van der Waals surface area contributed by atoms with E-state index in [-0.39, 0.29) is 0 Å². The van der Waals surface area contributed by atoms with Crippen molar-refractivity contribution in [3.05, 3.63) is 12.7 Å². The molecule has 0 spiro atoms. The average Bonchev–Trinajstić information content (AvgIpc) is 2.73. The third-order valence-electron chi connectivity index (χ3n) is 5.97. The highest BCUT2D eigenvalue weighted by atomic mass is 16.6. The zero-order valence-corrected chi connectivity index (χ0v) is 20.3. The molecule has 0 aromatic rings. The van der Waals surface area contributed by atoms with Gasteiger partial charge in [-0.25, -0.2) is 0 Å². The fourth-order valence-corrected chi connectivity index (χ4v) is 3.95. The molecule has 0 saturated heterocycles. The number of hydrogen-bond acceptors (Lipinski definition) is 2. The Morgan fingerprint density at radius 1 is 0.621 bits per heavy atom. The van der Waals surface area contributed by atoms with E-state index in [1.807, 2.05) is 6.08 Å². The van der Waals surface area contributed by atoms with Crippen LogP contribution in [0.3, 0.4) is 0 Å². The summed E-state index contributed by atoms with van der Waals surface area (Å²) in [5, 5.41) is 0. The maximum Gasteiger partial charge on any atom is 0.0682 e. The first-order valence-electron chi connectivity index (χ1n) is 13.3. The third kappa shape index (κ3) is 23.8. The Labute approximate surface area is 184 Å². The van der Waals surface area contributed by atoms with Crippen LogP contribution in [-0.2, 0) is 4.84 Å². The van der Waals surface area contributed by atoms with E-state index in [1.54, 1.807) is 0 Å². The van der Waals surface area contributed by atoms with Gasteiger partial charge in [-0.3, -0.25) is 0 Å². The summed E-state index contributed by atoms with van der Waals surface area (Å²) in [5.41, 5.74) is 3.41. The number of unbranched alkanes of at least 4 members (excludes halogenated alkanes) is 16. The van der Waals surface area contributed by atoms with E-state index in [2.05, 4.69) is 25.9 Å². The molecule has 0 aliphatic heterocycles. The van der Waals surface area contributed by atoms with Gasteiger partial charge in [0.15, 0.2) is 0 Å². The molecule has 0 aromatic carbocycles. The minimum absolute atomic E-state index is 0.536. The van der Waals surface area contributed by atoms with Gasteiger partial charge in [0.05, 0.1) is 6.61 Å². The lowest BCUT2D eigenvalue weighted by Crippen LogP contribution is -2.29. The minimum atomic E-state index is 0.536. The van der Waals surface area contributed by atoms with Gasteiger partial charge in [-0.05, 0) is 32.1 Å². The molecule has 0 aliphatic carbocycles. The summed E-state index contributed by atoms with van der Waals surface area (Å²) >= 11 is 0. The number of rotatable bonds is 25. The molecule has 0 aliphatic rings. The highest BCUT2D eigenvalue weighted by Gasteiger charge is 2.08. The van der Waals surface area contributed by atoms with Crippen LogP contribution in [0.2, 0.25) is 0 Å². The van der Waals surface area contributed by atoms with Gasteiger partial charge in [0.1, 0.15) is 0 Å². The van der Waals surface area contributed by atoms with Crippen molar-refractivity contribution < 1.29 is 4.84 Å². The van der Waals surface area contributed by atoms with Crippen molar-refractivity contribution in [3.63, 3.8) is 0 Å². The second-order valence-electron chi connectivity index (χ2n) is 8.97. The van der Waals surface area contributed by atoms with Gasteiger partial charge in [0.2, 0.25) is 0 Å². The number of nitrogens with one attached hydrogen (secondary N) is 1. The zero-order valence-electron chi connectivity index (χ0n) is 20.3.